The number of amides is 1. The third-order valence-corrected chi connectivity index (χ3v) is 5.66. The highest BCUT2D eigenvalue weighted by atomic mass is 16.6. The molecule has 31 heavy (non-hydrogen) atoms. The van der Waals surface area contributed by atoms with E-state index in [2.05, 4.69) is 12.1 Å². The van der Waals surface area contributed by atoms with Crippen molar-refractivity contribution < 1.29 is 14.5 Å². The standard InChI is InChI=1S/C25H24N2O4/c28-25(17-19-7-3-1-4-8-19)26-16-15-24(23(18-26)20-9-5-2-6-10-20)31-22-13-11-21(12-14-22)27(29)30/h1-14,23-24H,15-18H2/t23-,24+/m1/s1. The number of rotatable bonds is 6. The van der Waals surface area contributed by atoms with E-state index in [4.69, 9.17) is 4.74 Å². The molecule has 0 aliphatic carbocycles. The van der Waals surface area contributed by atoms with E-state index in [1.54, 1.807) is 12.1 Å². The molecule has 0 unspecified atom stereocenters. The second-order valence-electron chi connectivity index (χ2n) is 7.72. The molecule has 0 spiro atoms. The molecule has 1 aliphatic rings. The van der Waals surface area contributed by atoms with Gasteiger partial charge in [-0.05, 0) is 23.3 Å². The predicted molar refractivity (Wildman–Crippen MR) is 118 cm³/mol. The van der Waals surface area contributed by atoms with Crippen molar-refractivity contribution in [3.05, 3.63) is 106 Å². The summed E-state index contributed by atoms with van der Waals surface area (Å²) in [6, 6.07) is 26.0. The Hall–Kier alpha value is -3.67. The summed E-state index contributed by atoms with van der Waals surface area (Å²) in [4.78, 5) is 25.3. The fraction of sp³-hybridized carbons (Fsp3) is 0.240. The minimum absolute atomic E-state index is 0.0184. The average molecular weight is 416 g/mol. The van der Waals surface area contributed by atoms with E-state index in [-0.39, 0.29) is 23.6 Å². The molecule has 0 bridgehead atoms. The zero-order valence-electron chi connectivity index (χ0n) is 17.1. The van der Waals surface area contributed by atoms with Crippen molar-refractivity contribution in [1.82, 2.24) is 4.90 Å². The molecule has 3 aromatic carbocycles. The van der Waals surface area contributed by atoms with Crippen molar-refractivity contribution in [2.75, 3.05) is 13.1 Å². The molecule has 0 aromatic heterocycles. The lowest BCUT2D eigenvalue weighted by atomic mass is 9.87. The predicted octanol–water partition coefficient (Wildman–Crippen LogP) is 4.60. The number of nitro groups is 1. The zero-order valence-corrected chi connectivity index (χ0v) is 17.1. The SMILES string of the molecule is O=C(Cc1ccccc1)N1CC[C@H](Oc2ccc([N+](=O)[O-])cc2)[C@@H](c2ccccc2)C1. The van der Waals surface area contributed by atoms with Crippen LogP contribution in [0.4, 0.5) is 5.69 Å². The summed E-state index contributed by atoms with van der Waals surface area (Å²) in [5, 5.41) is 10.9. The lowest BCUT2D eigenvalue weighted by molar-refractivity contribution is -0.384. The summed E-state index contributed by atoms with van der Waals surface area (Å²) in [6.45, 7) is 1.19. The molecule has 3 aromatic rings. The number of likely N-dealkylation sites (tertiary alicyclic amines) is 1. The van der Waals surface area contributed by atoms with Crippen LogP contribution in [0.25, 0.3) is 0 Å². The molecule has 0 N–H and O–H groups in total. The molecule has 1 saturated heterocycles. The smallest absolute Gasteiger partial charge is 0.269 e. The normalized spacial score (nSPS) is 18.4. The van der Waals surface area contributed by atoms with Crippen molar-refractivity contribution in [3.8, 4) is 5.75 Å². The first-order chi connectivity index (χ1) is 15.1. The summed E-state index contributed by atoms with van der Waals surface area (Å²) in [5.41, 5.74) is 2.16. The van der Waals surface area contributed by atoms with Crippen LogP contribution in [0.3, 0.4) is 0 Å². The minimum atomic E-state index is -0.423. The molecular weight excluding hydrogens is 392 g/mol. The first kappa shape index (κ1) is 20.6. The van der Waals surface area contributed by atoms with Crippen molar-refractivity contribution in [2.24, 2.45) is 0 Å². The van der Waals surface area contributed by atoms with Gasteiger partial charge in [0.15, 0.2) is 0 Å². The monoisotopic (exact) mass is 416 g/mol. The van der Waals surface area contributed by atoms with Gasteiger partial charge in [0.25, 0.3) is 5.69 Å². The number of benzene rings is 3. The van der Waals surface area contributed by atoms with Crippen LogP contribution in [-0.4, -0.2) is 34.9 Å². The Morgan fingerprint density at radius 2 is 1.61 bits per heavy atom. The lowest BCUT2D eigenvalue weighted by Crippen LogP contribution is -2.47. The Morgan fingerprint density at radius 1 is 0.968 bits per heavy atom. The lowest BCUT2D eigenvalue weighted by Gasteiger charge is -2.39. The van der Waals surface area contributed by atoms with Gasteiger partial charge in [0, 0.05) is 37.6 Å². The molecular formula is C25H24N2O4. The Kier molecular flexibility index (Phi) is 6.26. The van der Waals surface area contributed by atoms with E-state index < -0.39 is 4.92 Å². The summed E-state index contributed by atoms with van der Waals surface area (Å²) in [7, 11) is 0. The first-order valence-electron chi connectivity index (χ1n) is 10.4. The van der Waals surface area contributed by atoms with Gasteiger partial charge in [0.2, 0.25) is 5.91 Å². The largest absolute Gasteiger partial charge is 0.490 e. The molecule has 1 fully saturated rings. The molecule has 1 heterocycles. The fourth-order valence-electron chi connectivity index (χ4n) is 4.02. The average Bonchev–Trinajstić information content (AvgIpc) is 2.81. The highest BCUT2D eigenvalue weighted by molar-refractivity contribution is 5.79. The zero-order chi connectivity index (χ0) is 21.6. The van der Waals surface area contributed by atoms with E-state index in [1.807, 2.05) is 53.4 Å². The third kappa shape index (κ3) is 5.09. The van der Waals surface area contributed by atoms with Gasteiger partial charge in [-0.1, -0.05) is 60.7 Å². The molecule has 2 atom stereocenters. The number of hydrogen-bond donors (Lipinski definition) is 0. The highest BCUT2D eigenvalue weighted by Gasteiger charge is 2.34. The quantitative estimate of drug-likeness (QED) is 0.435. The van der Waals surface area contributed by atoms with Crippen LogP contribution in [0, 0.1) is 10.1 Å². The maximum Gasteiger partial charge on any atom is 0.269 e. The Bertz CT molecular complexity index is 1020. The van der Waals surface area contributed by atoms with E-state index in [1.165, 1.54) is 12.1 Å². The van der Waals surface area contributed by atoms with Crippen LogP contribution in [-0.2, 0) is 11.2 Å². The van der Waals surface area contributed by atoms with Crippen LogP contribution in [0.1, 0.15) is 23.5 Å². The maximum atomic E-state index is 12.9. The minimum Gasteiger partial charge on any atom is -0.490 e. The second-order valence-corrected chi connectivity index (χ2v) is 7.72. The van der Waals surface area contributed by atoms with Crippen LogP contribution in [0.15, 0.2) is 84.9 Å². The Morgan fingerprint density at radius 3 is 2.26 bits per heavy atom. The number of piperidine rings is 1. The maximum absolute atomic E-state index is 12.9. The van der Waals surface area contributed by atoms with E-state index in [9.17, 15) is 14.9 Å². The number of ether oxygens (including phenoxy) is 1. The number of carbonyl (C=O) groups is 1. The van der Waals surface area contributed by atoms with Crippen LogP contribution in [0.5, 0.6) is 5.75 Å². The van der Waals surface area contributed by atoms with Crippen LogP contribution in [0.2, 0.25) is 0 Å². The summed E-state index contributed by atoms with van der Waals surface area (Å²) in [6.07, 6.45) is 0.956. The summed E-state index contributed by atoms with van der Waals surface area (Å²) in [5.74, 6) is 0.728. The third-order valence-electron chi connectivity index (χ3n) is 5.66. The summed E-state index contributed by atoms with van der Waals surface area (Å²) < 4.78 is 6.24. The number of non-ortho nitro benzene ring substituents is 1. The van der Waals surface area contributed by atoms with Gasteiger partial charge in [-0.25, -0.2) is 0 Å². The van der Waals surface area contributed by atoms with Gasteiger partial charge in [-0.3, -0.25) is 14.9 Å². The molecule has 158 valence electrons. The number of hydrogen-bond acceptors (Lipinski definition) is 4. The van der Waals surface area contributed by atoms with Gasteiger partial charge in [0.1, 0.15) is 11.9 Å². The van der Waals surface area contributed by atoms with Gasteiger partial charge < -0.3 is 9.64 Å². The van der Waals surface area contributed by atoms with E-state index >= 15 is 0 Å². The van der Waals surface area contributed by atoms with Gasteiger partial charge in [0.05, 0.1) is 11.3 Å². The molecule has 1 amide bonds. The van der Waals surface area contributed by atoms with Crippen molar-refractivity contribution in [1.29, 1.82) is 0 Å². The first-order valence-corrected chi connectivity index (χ1v) is 10.4. The van der Waals surface area contributed by atoms with Gasteiger partial charge >= 0.3 is 0 Å². The number of nitro benzene ring substituents is 1. The molecule has 6 heteroatoms. The molecule has 1 aliphatic heterocycles. The Balaban J connectivity index is 1.50. The van der Waals surface area contributed by atoms with Crippen LogP contribution < -0.4 is 4.74 Å². The van der Waals surface area contributed by atoms with Crippen molar-refractivity contribution >= 4 is 11.6 Å². The van der Waals surface area contributed by atoms with Gasteiger partial charge in [-0.2, -0.15) is 0 Å². The molecule has 6 nitrogen and oxygen atoms in total. The molecule has 0 radical (unpaired) electrons. The van der Waals surface area contributed by atoms with Gasteiger partial charge in [-0.15, -0.1) is 0 Å². The molecule has 4 rings (SSSR count). The number of carbonyl (C=O) groups excluding carboxylic acids is 1. The summed E-state index contributed by atoms with van der Waals surface area (Å²) >= 11 is 0. The van der Waals surface area contributed by atoms with Crippen LogP contribution >= 0.6 is 0 Å². The van der Waals surface area contributed by atoms with Crippen molar-refractivity contribution in [2.45, 2.75) is 24.9 Å². The Labute approximate surface area is 181 Å². The van der Waals surface area contributed by atoms with E-state index in [0.717, 1.165) is 11.1 Å². The molecule has 0 saturated carbocycles. The fourth-order valence-corrected chi connectivity index (χ4v) is 4.02. The van der Waals surface area contributed by atoms with E-state index in [0.29, 0.717) is 31.7 Å². The second kappa shape index (κ2) is 9.43. The van der Waals surface area contributed by atoms with Crippen molar-refractivity contribution in [3.63, 3.8) is 0 Å². The highest BCUT2D eigenvalue weighted by Crippen LogP contribution is 2.31. The number of nitrogens with zero attached hydrogens (tertiary/aromatic N) is 2. The topological polar surface area (TPSA) is 72.7 Å².